The van der Waals surface area contributed by atoms with E-state index >= 15 is 0 Å². The van der Waals surface area contributed by atoms with Gasteiger partial charge in [-0.15, -0.1) is 0 Å². The number of likely N-dealkylation sites (tertiary alicyclic amines) is 1. The molecule has 1 fully saturated rings. The van der Waals surface area contributed by atoms with E-state index in [1.165, 1.54) is 11.8 Å². The molecule has 0 radical (unpaired) electrons. The first-order chi connectivity index (χ1) is 11.9. The first kappa shape index (κ1) is 17.1. The lowest BCUT2D eigenvalue weighted by Crippen LogP contribution is -2.50. The Morgan fingerprint density at radius 1 is 1.20 bits per heavy atom. The molecule has 0 aromatic heterocycles. The zero-order valence-electron chi connectivity index (χ0n) is 14.3. The summed E-state index contributed by atoms with van der Waals surface area (Å²) in [6.45, 7) is 3.70. The molecule has 1 aromatic carbocycles. The van der Waals surface area contributed by atoms with Crippen LogP contribution < -0.4 is 9.64 Å². The van der Waals surface area contributed by atoms with Gasteiger partial charge in [0.05, 0.1) is 5.69 Å². The lowest BCUT2D eigenvalue weighted by Gasteiger charge is -2.35. The smallest absolute Gasteiger partial charge is 0.268 e. The van der Waals surface area contributed by atoms with Crippen molar-refractivity contribution in [2.75, 3.05) is 24.5 Å². The van der Waals surface area contributed by atoms with Crippen LogP contribution in [0.15, 0.2) is 18.2 Å². The molecule has 0 aliphatic carbocycles. The quantitative estimate of drug-likeness (QED) is 0.769. The monoisotopic (exact) mass is 344 g/mol. The second-order valence-corrected chi connectivity index (χ2v) is 6.34. The second kappa shape index (κ2) is 6.66. The number of benzene rings is 1. The third kappa shape index (κ3) is 3.40. The molecule has 0 bridgehead atoms. The number of piperidine rings is 1. The topological polar surface area (TPSA) is 84.0 Å². The molecule has 1 aromatic rings. The molecule has 1 atom stereocenters. The number of ketones is 2. The Hall–Kier alpha value is -2.70. The van der Waals surface area contributed by atoms with Gasteiger partial charge in [-0.05, 0) is 32.0 Å². The largest absolute Gasteiger partial charge is 0.479 e. The van der Waals surface area contributed by atoms with E-state index in [-0.39, 0.29) is 29.9 Å². The number of amides is 2. The van der Waals surface area contributed by atoms with Crippen molar-refractivity contribution in [3.63, 3.8) is 0 Å². The van der Waals surface area contributed by atoms with Crippen LogP contribution in [0, 0.1) is 0 Å². The van der Waals surface area contributed by atoms with E-state index in [9.17, 15) is 19.2 Å². The number of fused-ring (bicyclic) bond motifs is 1. The molecule has 1 unspecified atom stereocenters. The van der Waals surface area contributed by atoms with Crippen molar-refractivity contribution < 1.29 is 23.9 Å². The SMILES string of the molecule is CC(=O)c1ccc2c(c1)N(CC(=O)N1CCC(=O)CC1)C(=O)C(C)O2. The van der Waals surface area contributed by atoms with Gasteiger partial charge in [0.25, 0.3) is 5.91 Å². The standard InChI is InChI=1S/C18H20N2O5/c1-11(21)13-3-4-16-15(9-13)20(18(24)12(2)25-16)10-17(23)19-7-5-14(22)6-8-19/h3-4,9,12H,5-8,10H2,1-2H3. The summed E-state index contributed by atoms with van der Waals surface area (Å²) in [5, 5.41) is 0. The minimum atomic E-state index is -0.702. The number of Topliss-reactive ketones (excluding diaryl/α,β-unsaturated/α-hetero) is 2. The summed E-state index contributed by atoms with van der Waals surface area (Å²) in [5.74, 6) is -0.0475. The Morgan fingerprint density at radius 2 is 1.88 bits per heavy atom. The van der Waals surface area contributed by atoms with Gasteiger partial charge in [0.2, 0.25) is 5.91 Å². The van der Waals surface area contributed by atoms with E-state index in [4.69, 9.17) is 4.74 Å². The molecule has 0 saturated carbocycles. The lowest BCUT2D eigenvalue weighted by atomic mass is 10.1. The van der Waals surface area contributed by atoms with Gasteiger partial charge in [-0.1, -0.05) is 0 Å². The average molecular weight is 344 g/mol. The zero-order chi connectivity index (χ0) is 18.1. The second-order valence-electron chi connectivity index (χ2n) is 6.34. The molecule has 25 heavy (non-hydrogen) atoms. The number of anilines is 1. The minimum Gasteiger partial charge on any atom is -0.479 e. The third-order valence-corrected chi connectivity index (χ3v) is 4.54. The maximum atomic E-state index is 12.6. The summed E-state index contributed by atoms with van der Waals surface area (Å²) >= 11 is 0. The molecule has 2 aliphatic rings. The Labute approximate surface area is 145 Å². The Balaban J connectivity index is 1.86. The lowest BCUT2D eigenvalue weighted by molar-refractivity contribution is -0.135. The van der Waals surface area contributed by atoms with Gasteiger partial charge in [0, 0.05) is 31.5 Å². The maximum absolute atomic E-state index is 12.6. The number of hydrogen-bond acceptors (Lipinski definition) is 5. The van der Waals surface area contributed by atoms with Gasteiger partial charge < -0.3 is 9.64 Å². The van der Waals surface area contributed by atoms with E-state index in [0.29, 0.717) is 42.9 Å². The van der Waals surface area contributed by atoms with Crippen molar-refractivity contribution in [2.45, 2.75) is 32.8 Å². The van der Waals surface area contributed by atoms with E-state index in [1.54, 1.807) is 30.0 Å². The fraction of sp³-hybridized carbons (Fsp3) is 0.444. The van der Waals surface area contributed by atoms with E-state index < -0.39 is 6.10 Å². The summed E-state index contributed by atoms with van der Waals surface area (Å²) in [6.07, 6.45) is 0.000524. The van der Waals surface area contributed by atoms with Crippen LogP contribution in [-0.4, -0.2) is 54.0 Å². The van der Waals surface area contributed by atoms with Crippen LogP contribution in [0.4, 0.5) is 5.69 Å². The molecular weight excluding hydrogens is 324 g/mol. The van der Waals surface area contributed by atoms with Crippen molar-refractivity contribution in [3.8, 4) is 5.75 Å². The maximum Gasteiger partial charge on any atom is 0.268 e. The van der Waals surface area contributed by atoms with Crippen LogP contribution >= 0.6 is 0 Å². The highest BCUT2D eigenvalue weighted by Crippen LogP contribution is 2.35. The molecule has 7 nitrogen and oxygen atoms in total. The highest BCUT2D eigenvalue weighted by molar-refractivity contribution is 6.05. The van der Waals surface area contributed by atoms with Gasteiger partial charge in [-0.25, -0.2) is 0 Å². The number of rotatable bonds is 3. The van der Waals surface area contributed by atoms with Crippen LogP contribution in [0.5, 0.6) is 5.75 Å². The van der Waals surface area contributed by atoms with Crippen LogP contribution in [-0.2, 0) is 14.4 Å². The van der Waals surface area contributed by atoms with Crippen LogP contribution in [0.1, 0.15) is 37.0 Å². The average Bonchev–Trinajstić information content (AvgIpc) is 2.59. The van der Waals surface area contributed by atoms with E-state index in [2.05, 4.69) is 0 Å². The molecule has 2 heterocycles. The summed E-state index contributed by atoms with van der Waals surface area (Å²) < 4.78 is 5.58. The molecule has 0 N–H and O–H groups in total. The van der Waals surface area contributed by atoms with E-state index in [1.807, 2.05) is 0 Å². The molecule has 7 heteroatoms. The number of ether oxygens (including phenoxy) is 1. The van der Waals surface area contributed by atoms with Crippen LogP contribution in [0.3, 0.4) is 0 Å². The number of hydrogen-bond donors (Lipinski definition) is 0. The minimum absolute atomic E-state index is 0.130. The molecular formula is C18H20N2O5. The molecule has 132 valence electrons. The predicted molar refractivity (Wildman–Crippen MR) is 89.7 cm³/mol. The van der Waals surface area contributed by atoms with Gasteiger partial charge in [-0.2, -0.15) is 0 Å². The highest BCUT2D eigenvalue weighted by atomic mass is 16.5. The van der Waals surface area contributed by atoms with Crippen molar-refractivity contribution in [1.29, 1.82) is 0 Å². The first-order valence-electron chi connectivity index (χ1n) is 8.29. The summed E-state index contributed by atoms with van der Waals surface area (Å²) in [5.41, 5.74) is 0.878. The normalized spacial score (nSPS) is 20.2. The predicted octanol–water partition coefficient (Wildman–Crippen LogP) is 1.19. The Morgan fingerprint density at radius 3 is 2.52 bits per heavy atom. The molecule has 1 saturated heterocycles. The Kier molecular flexibility index (Phi) is 4.57. The van der Waals surface area contributed by atoms with Gasteiger partial charge in [0.1, 0.15) is 18.1 Å². The number of nitrogens with zero attached hydrogens (tertiary/aromatic N) is 2. The number of carbonyl (C=O) groups is 4. The third-order valence-electron chi connectivity index (χ3n) is 4.54. The van der Waals surface area contributed by atoms with Crippen molar-refractivity contribution in [1.82, 2.24) is 4.90 Å². The fourth-order valence-corrected chi connectivity index (χ4v) is 3.03. The molecule has 2 aliphatic heterocycles. The molecule has 0 spiro atoms. The molecule has 2 amide bonds. The van der Waals surface area contributed by atoms with Crippen LogP contribution in [0.2, 0.25) is 0 Å². The highest BCUT2D eigenvalue weighted by Gasteiger charge is 2.34. The molecule has 3 rings (SSSR count). The van der Waals surface area contributed by atoms with Gasteiger partial charge >= 0.3 is 0 Å². The fourth-order valence-electron chi connectivity index (χ4n) is 3.03. The summed E-state index contributed by atoms with van der Waals surface area (Å²) in [6, 6.07) is 4.86. The Bertz CT molecular complexity index is 748. The van der Waals surface area contributed by atoms with Gasteiger partial charge in [0.15, 0.2) is 11.9 Å². The van der Waals surface area contributed by atoms with Crippen molar-refractivity contribution in [2.24, 2.45) is 0 Å². The summed E-state index contributed by atoms with van der Waals surface area (Å²) in [7, 11) is 0. The van der Waals surface area contributed by atoms with Crippen molar-refractivity contribution >= 4 is 29.1 Å². The van der Waals surface area contributed by atoms with Crippen molar-refractivity contribution in [3.05, 3.63) is 23.8 Å². The number of carbonyl (C=O) groups excluding carboxylic acids is 4. The summed E-state index contributed by atoms with van der Waals surface area (Å²) in [4.78, 5) is 51.0. The van der Waals surface area contributed by atoms with E-state index in [0.717, 1.165) is 0 Å². The van der Waals surface area contributed by atoms with Gasteiger partial charge in [-0.3, -0.25) is 24.1 Å². The zero-order valence-corrected chi connectivity index (χ0v) is 14.3. The first-order valence-corrected chi connectivity index (χ1v) is 8.29. The van der Waals surface area contributed by atoms with Crippen LogP contribution in [0.25, 0.3) is 0 Å².